The third-order valence-corrected chi connectivity index (χ3v) is 4.43. The van der Waals surface area contributed by atoms with Gasteiger partial charge in [0, 0.05) is 10.9 Å². The Labute approximate surface area is 163 Å². The molecule has 0 aliphatic carbocycles. The number of rotatable bonds is 5. The van der Waals surface area contributed by atoms with Crippen molar-refractivity contribution in [2.45, 2.75) is 6.92 Å². The van der Waals surface area contributed by atoms with Gasteiger partial charge in [0.25, 0.3) is 5.91 Å². The second kappa shape index (κ2) is 7.92. The van der Waals surface area contributed by atoms with Crippen molar-refractivity contribution >= 4 is 22.5 Å². The number of carbonyl (C=O) groups is 1. The van der Waals surface area contributed by atoms with Gasteiger partial charge >= 0.3 is 0 Å². The van der Waals surface area contributed by atoms with Crippen LogP contribution in [0.1, 0.15) is 5.56 Å². The topological polar surface area (TPSA) is 51.2 Å². The minimum atomic E-state index is -0.213. The number of para-hydroxylation sites is 2. The highest BCUT2D eigenvalue weighted by Gasteiger charge is 2.10. The standard InChI is InChI=1S/C24H20N2O2/c1-17-7-6-9-19(15-17)28-16-24(27)26-22-12-5-3-10-20(22)23-14-13-18-8-2-4-11-21(18)25-23/h2-15H,16H2,1H3,(H,26,27). The van der Waals surface area contributed by atoms with Crippen LogP contribution in [0.25, 0.3) is 22.2 Å². The molecule has 138 valence electrons. The third-order valence-electron chi connectivity index (χ3n) is 4.43. The van der Waals surface area contributed by atoms with Gasteiger partial charge in [0.1, 0.15) is 5.75 Å². The van der Waals surface area contributed by atoms with Gasteiger partial charge in [0.05, 0.1) is 16.9 Å². The van der Waals surface area contributed by atoms with Gasteiger partial charge in [-0.3, -0.25) is 4.79 Å². The molecule has 0 atom stereocenters. The fourth-order valence-corrected chi connectivity index (χ4v) is 3.07. The van der Waals surface area contributed by atoms with Crippen molar-refractivity contribution in [3.05, 3.63) is 90.5 Å². The molecule has 0 aliphatic heterocycles. The van der Waals surface area contributed by atoms with E-state index in [1.807, 2.05) is 91.9 Å². The molecule has 0 bridgehead atoms. The van der Waals surface area contributed by atoms with Crippen molar-refractivity contribution in [3.63, 3.8) is 0 Å². The predicted octanol–water partition coefficient (Wildman–Crippen LogP) is 5.23. The Hall–Kier alpha value is -3.66. The summed E-state index contributed by atoms with van der Waals surface area (Å²) in [6.45, 7) is 1.93. The molecular weight excluding hydrogens is 348 g/mol. The lowest BCUT2D eigenvalue weighted by molar-refractivity contribution is -0.118. The summed E-state index contributed by atoms with van der Waals surface area (Å²) in [5.41, 5.74) is 4.41. The molecule has 0 spiro atoms. The van der Waals surface area contributed by atoms with Crippen LogP contribution in [0.2, 0.25) is 0 Å². The van der Waals surface area contributed by atoms with E-state index in [4.69, 9.17) is 9.72 Å². The Morgan fingerprint density at radius 1 is 0.929 bits per heavy atom. The number of fused-ring (bicyclic) bond motifs is 1. The van der Waals surface area contributed by atoms with Gasteiger partial charge < -0.3 is 10.1 Å². The summed E-state index contributed by atoms with van der Waals surface area (Å²) in [6.07, 6.45) is 0. The van der Waals surface area contributed by atoms with E-state index in [9.17, 15) is 4.79 Å². The SMILES string of the molecule is Cc1cccc(OCC(=O)Nc2ccccc2-c2ccc3ccccc3n2)c1. The molecule has 0 fully saturated rings. The molecule has 0 saturated heterocycles. The minimum Gasteiger partial charge on any atom is -0.484 e. The number of hydrogen-bond acceptors (Lipinski definition) is 3. The molecule has 1 N–H and O–H groups in total. The first-order valence-corrected chi connectivity index (χ1v) is 9.13. The summed E-state index contributed by atoms with van der Waals surface area (Å²) in [4.78, 5) is 17.1. The Morgan fingerprint density at radius 2 is 1.75 bits per heavy atom. The summed E-state index contributed by atoms with van der Waals surface area (Å²) in [7, 11) is 0. The van der Waals surface area contributed by atoms with Crippen LogP contribution in [0.15, 0.2) is 84.9 Å². The number of nitrogens with zero attached hydrogens (tertiary/aromatic N) is 1. The molecule has 3 aromatic carbocycles. The Kier molecular flexibility index (Phi) is 5.02. The van der Waals surface area contributed by atoms with Crippen LogP contribution in [-0.4, -0.2) is 17.5 Å². The van der Waals surface area contributed by atoms with Gasteiger partial charge in [-0.2, -0.15) is 0 Å². The molecule has 1 amide bonds. The van der Waals surface area contributed by atoms with Crippen LogP contribution < -0.4 is 10.1 Å². The molecule has 28 heavy (non-hydrogen) atoms. The van der Waals surface area contributed by atoms with Crippen molar-refractivity contribution in [1.29, 1.82) is 0 Å². The Morgan fingerprint density at radius 3 is 2.64 bits per heavy atom. The van der Waals surface area contributed by atoms with E-state index < -0.39 is 0 Å². The van der Waals surface area contributed by atoms with Crippen molar-refractivity contribution < 1.29 is 9.53 Å². The predicted molar refractivity (Wildman–Crippen MR) is 112 cm³/mol. The number of amides is 1. The van der Waals surface area contributed by atoms with E-state index in [2.05, 4.69) is 5.32 Å². The average Bonchev–Trinajstić information content (AvgIpc) is 2.72. The summed E-state index contributed by atoms with van der Waals surface area (Å²) < 4.78 is 5.60. The second-order valence-electron chi connectivity index (χ2n) is 6.59. The maximum Gasteiger partial charge on any atom is 0.262 e. The fraction of sp³-hybridized carbons (Fsp3) is 0.0833. The molecule has 4 aromatic rings. The molecular formula is C24H20N2O2. The number of benzene rings is 3. The van der Waals surface area contributed by atoms with Crippen LogP contribution in [0.5, 0.6) is 5.75 Å². The van der Waals surface area contributed by atoms with Crippen molar-refractivity contribution in [1.82, 2.24) is 4.98 Å². The number of carbonyl (C=O) groups excluding carboxylic acids is 1. The number of ether oxygens (including phenoxy) is 1. The number of aryl methyl sites for hydroxylation is 1. The summed E-state index contributed by atoms with van der Waals surface area (Å²) in [6, 6.07) is 27.3. The molecule has 0 aliphatic rings. The first kappa shape index (κ1) is 17.7. The second-order valence-corrected chi connectivity index (χ2v) is 6.59. The fourth-order valence-electron chi connectivity index (χ4n) is 3.07. The van der Waals surface area contributed by atoms with Gasteiger partial charge in [-0.05, 0) is 42.8 Å². The number of anilines is 1. The van der Waals surface area contributed by atoms with Crippen molar-refractivity contribution in [2.75, 3.05) is 11.9 Å². The smallest absolute Gasteiger partial charge is 0.262 e. The minimum absolute atomic E-state index is 0.0526. The molecule has 0 unspecified atom stereocenters. The first-order valence-electron chi connectivity index (χ1n) is 9.13. The van der Waals surface area contributed by atoms with E-state index in [0.717, 1.165) is 27.7 Å². The van der Waals surface area contributed by atoms with E-state index in [0.29, 0.717) is 11.4 Å². The monoisotopic (exact) mass is 368 g/mol. The normalized spacial score (nSPS) is 10.6. The van der Waals surface area contributed by atoms with Gasteiger partial charge in [-0.1, -0.05) is 54.6 Å². The lowest BCUT2D eigenvalue weighted by Crippen LogP contribution is -2.20. The number of aromatic nitrogens is 1. The van der Waals surface area contributed by atoms with E-state index in [1.54, 1.807) is 0 Å². The maximum absolute atomic E-state index is 12.4. The summed E-state index contributed by atoms with van der Waals surface area (Å²) in [5, 5.41) is 4.02. The zero-order valence-corrected chi connectivity index (χ0v) is 15.6. The van der Waals surface area contributed by atoms with Gasteiger partial charge in [-0.25, -0.2) is 4.98 Å². The van der Waals surface area contributed by atoms with Crippen LogP contribution in [0.4, 0.5) is 5.69 Å². The van der Waals surface area contributed by atoms with Crippen LogP contribution in [0.3, 0.4) is 0 Å². The highest BCUT2D eigenvalue weighted by molar-refractivity contribution is 5.96. The molecule has 4 rings (SSSR count). The summed E-state index contributed by atoms with van der Waals surface area (Å²) in [5.74, 6) is 0.467. The average molecular weight is 368 g/mol. The van der Waals surface area contributed by atoms with E-state index in [-0.39, 0.29) is 12.5 Å². The molecule has 1 aromatic heterocycles. The van der Waals surface area contributed by atoms with Crippen molar-refractivity contribution in [3.8, 4) is 17.0 Å². The Bertz CT molecular complexity index is 1140. The van der Waals surface area contributed by atoms with Gasteiger partial charge in [-0.15, -0.1) is 0 Å². The van der Waals surface area contributed by atoms with Gasteiger partial charge in [0.15, 0.2) is 6.61 Å². The van der Waals surface area contributed by atoms with Gasteiger partial charge in [0.2, 0.25) is 0 Å². The molecule has 0 radical (unpaired) electrons. The maximum atomic E-state index is 12.4. The highest BCUT2D eigenvalue weighted by Crippen LogP contribution is 2.28. The van der Waals surface area contributed by atoms with Crippen LogP contribution >= 0.6 is 0 Å². The molecule has 4 nitrogen and oxygen atoms in total. The number of hydrogen-bond donors (Lipinski definition) is 1. The van der Waals surface area contributed by atoms with Crippen molar-refractivity contribution in [2.24, 2.45) is 0 Å². The van der Waals surface area contributed by atoms with Crippen LogP contribution in [-0.2, 0) is 4.79 Å². The summed E-state index contributed by atoms with van der Waals surface area (Å²) >= 11 is 0. The largest absolute Gasteiger partial charge is 0.484 e. The third kappa shape index (κ3) is 4.01. The highest BCUT2D eigenvalue weighted by atomic mass is 16.5. The lowest BCUT2D eigenvalue weighted by Gasteiger charge is -2.12. The Balaban J connectivity index is 1.53. The van der Waals surface area contributed by atoms with Crippen LogP contribution in [0, 0.1) is 6.92 Å². The molecule has 0 saturated carbocycles. The number of pyridine rings is 1. The first-order chi connectivity index (χ1) is 13.7. The zero-order chi connectivity index (χ0) is 19.3. The zero-order valence-electron chi connectivity index (χ0n) is 15.6. The molecule has 4 heteroatoms. The molecule has 1 heterocycles. The number of nitrogens with one attached hydrogen (secondary N) is 1. The van der Waals surface area contributed by atoms with E-state index in [1.165, 1.54) is 0 Å². The quantitative estimate of drug-likeness (QED) is 0.525. The van der Waals surface area contributed by atoms with E-state index >= 15 is 0 Å². The lowest BCUT2D eigenvalue weighted by atomic mass is 10.1.